The summed E-state index contributed by atoms with van der Waals surface area (Å²) in [5, 5.41) is 18.1. The fraction of sp³-hybridized carbons (Fsp3) is 0.429. The first-order chi connectivity index (χ1) is 10.2. The monoisotopic (exact) mass is 288 g/mol. The van der Waals surface area contributed by atoms with Gasteiger partial charge in [-0.2, -0.15) is 4.98 Å². The Morgan fingerprint density at radius 3 is 3.10 bits per heavy atom. The minimum Gasteiger partial charge on any atom is -0.337 e. The highest BCUT2D eigenvalue weighted by Crippen LogP contribution is 2.25. The molecule has 0 spiro atoms. The Morgan fingerprint density at radius 2 is 2.24 bits per heavy atom. The highest BCUT2D eigenvalue weighted by atomic mass is 16.6. The van der Waals surface area contributed by atoms with Crippen molar-refractivity contribution in [3.63, 3.8) is 0 Å². The van der Waals surface area contributed by atoms with E-state index in [1.807, 2.05) is 0 Å². The van der Waals surface area contributed by atoms with Crippen molar-refractivity contribution in [3.8, 4) is 11.4 Å². The third-order valence-electron chi connectivity index (χ3n) is 3.62. The number of nitrogens with one attached hydrogen (secondary N) is 1. The zero-order valence-electron chi connectivity index (χ0n) is 11.5. The van der Waals surface area contributed by atoms with Crippen LogP contribution in [-0.4, -0.2) is 21.6 Å². The lowest BCUT2D eigenvalue weighted by atomic mass is 10.1. The second-order valence-electron chi connectivity index (χ2n) is 5.12. The summed E-state index contributed by atoms with van der Waals surface area (Å²) in [6.07, 6.45) is 4.46. The maximum atomic E-state index is 10.8. The number of nitro benzene ring substituents is 1. The fourth-order valence-corrected chi connectivity index (χ4v) is 2.49. The first-order valence-electron chi connectivity index (χ1n) is 7.06. The zero-order valence-corrected chi connectivity index (χ0v) is 11.5. The SMILES string of the molecule is O=[N+]([O-])c1cccc(-c2noc(C3CCCCCN3)n2)c1. The molecule has 0 aliphatic carbocycles. The van der Waals surface area contributed by atoms with Gasteiger partial charge in [0.25, 0.3) is 5.69 Å². The highest BCUT2D eigenvalue weighted by molar-refractivity contribution is 5.58. The van der Waals surface area contributed by atoms with E-state index in [4.69, 9.17) is 4.52 Å². The van der Waals surface area contributed by atoms with Crippen LogP contribution in [0.3, 0.4) is 0 Å². The van der Waals surface area contributed by atoms with Gasteiger partial charge in [0, 0.05) is 17.7 Å². The molecule has 3 rings (SSSR count). The maximum Gasteiger partial charge on any atom is 0.270 e. The van der Waals surface area contributed by atoms with Gasteiger partial charge in [0.2, 0.25) is 11.7 Å². The van der Waals surface area contributed by atoms with Gasteiger partial charge in [0.05, 0.1) is 11.0 Å². The van der Waals surface area contributed by atoms with Gasteiger partial charge in [-0.1, -0.05) is 30.1 Å². The Bertz CT molecular complexity index is 633. The molecule has 1 aliphatic rings. The van der Waals surface area contributed by atoms with Crippen molar-refractivity contribution in [3.05, 3.63) is 40.3 Å². The molecule has 0 bridgehead atoms. The standard InChI is InChI=1S/C14H16N4O3/c19-18(20)11-6-4-5-10(9-11)13-16-14(21-17-13)12-7-2-1-3-8-15-12/h4-6,9,12,15H,1-3,7-8H2. The van der Waals surface area contributed by atoms with Gasteiger partial charge in [0.15, 0.2) is 0 Å². The highest BCUT2D eigenvalue weighted by Gasteiger charge is 2.21. The van der Waals surface area contributed by atoms with Gasteiger partial charge in [-0.05, 0) is 19.4 Å². The minimum absolute atomic E-state index is 0.0199. The number of non-ortho nitro benzene ring substituents is 1. The lowest BCUT2D eigenvalue weighted by Crippen LogP contribution is -2.20. The molecule has 0 saturated carbocycles. The Balaban J connectivity index is 1.84. The zero-order chi connectivity index (χ0) is 14.7. The lowest BCUT2D eigenvalue weighted by Gasteiger charge is -2.09. The van der Waals surface area contributed by atoms with E-state index in [-0.39, 0.29) is 11.7 Å². The molecule has 0 radical (unpaired) electrons. The molecule has 2 aromatic rings. The Hall–Kier alpha value is -2.28. The summed E-state index contributed by atoms with van der Waals surface area (Å²) in [5.74, 6) is 0.943. The van der Waals surface area contributed by atoms with E-state index in [1.54, 1.807) is 12.1 Å². The van der Waals surface area contributed by atoms with E-state index in [1.165, 1.54) is 18.6 Å². The van der Waals surface area contributed by atoms with Crippen LogP contribution in [-0.2, 0) is 0 Å². The second kappa shape index (κ2) is 6.01. The maximum absolute atomic E-state index is 10.8. The van der Waals surface area contributed by atoms with Crippen molar-refractivity contribution < 1.29 is 9.45 Å². The van der Waals surface area contributed by atoms with Gasteiger partial charge >= 0.3 is 0 Å². The van der Waals surface area contributed by atoms with Crippen molar-refractivity contribution in [2.45, 2.75) is 31.7 Å². The number of nitro groups is 1. The van der Waals surface area contributed by atoms with Crippen LogP contribution in [0.1, 0.15) is 37.6 Å². The average molecular weight is 288 g/mol. The molecule has 0 amide bonds. The Morgan fingerprint density at radius 1 is 1.33 bits per heavy atom. The summed E-state index contributed by atoms with van der Waals surface area (Å²) in [7, 11) is 0. The third-order valence-corrected chi connectivity index (χ3v) is 3.62. The Labute approximate surface area is 121 Å². The number of nitrogens with zero attached hydrogens (tertiary/aromatic N) is 3. The molecule has 1 aromatic carbocycles. The quantitative estimate of drug-likeness (QED) is 0.689. The van der Waals surface area contributed by atoms with E-state index < -0.39 is 4.92 Å². The predicted octanol–water partition coefficient (Wildman–Crippen LogP) is 2.85. The molecule has 2 heterocycles. The molecule has 1 atom stereocenters. The Kier molecular flexibility index (Phi) is 3.92. The van der Waals surface area contributed by atoms with E-state index >= 15 is 0 Å². The molecule has 1 aliphatic heterocycles. The molecular weight excluding hydrogens is 272 g/mol. The molecule has 110 valence electrons. The van der Waals surface area contributed by atoms with Gasteiger partial charge in [0.1, 0.15) is 0 Å². The van der Waals surface area contributed by atoms with E-state index in [0.717, 1.165) is 25.8 Å². The molecule has 1 N–H and O–H groups in total. The van der Waals surface area contributed by atoms with Crippen molar-refractivity contribution in [2.75, 3.05) is 6.54 Å². The van der Waals surface area contributed by atoms with E-state index in [2.05, 4.69) is 15.5 Å². The van der Waals surface area contributed by atoms with Crippen molar-refractivity contribution >= 4 is 5.69 Å². The number of hydrogen-bond acceptors (Lipinski definition) is 6. The van der Waals surface area contributed by atoms with Crippen LogP contribution in [0.15, 0.2) is 28.8 Å². The summed E-state index contributed by atoms with van der Waals surface area (Å²) < 4.78 is 5.32. The summed E-state index contributed by atoms with van der Waals surface area (Å²) >= 11 is 0. The first kappa shape index (κ1) is 13.7. The van der Waals surface area contributed by atoms with Crippen LogP contribution < -0.4 is 5.32 Å². The van der Waals surface area contributed by atoms with Crippen LogP contribution in [0.2, 0.25) is 0 Å². The lowest BCUT2D eigenvalue weighted by molar-refractivity contribution is -0.384. The van der Waals surface area contributed by atoms with Gasteiger partial charge < -0.3 is 9.84 Å². The predicted molar refractivity (Wildman–Crippen MR) is 75.6 cm³/mol. The summed E-state index contributed by atoms with van der Waals surface area (Å²) in [4.78, 5) is 14.8. The molecule has 7 nitrogen and oxygen atoms in total. The van der Waals surface area contributed by atoms with Crippen LogP contribution >= 0.6 is 0 Å². The molecule has 1 aromatic heterocycles. The van der Waals surface area contributed by atoms with Crippen LogP contribution in [0.25, 0.3) is 11.4 Å². The van der Waals surface area contributed by atoms with Crippen molar-refractivity contribution in [1.82, 2.24) is 15.5 Å². The summed E-state index contributed by atoms with van der Waals surface area (Å²) in [6, 6.07) is 6.33. The van der Waals surface area contributed by atoms with Crippen LogP contribution in [0, 0.1) is 10.1 Å². The molecule has 1 saturated heterocycles. The van der Waals surface area contributed by atoms with E-state index in [9.17, 15) is 10.1 Å². The van der Waals surface area contributed by atoms with E-state index in [0.29, 0.717) is 17.3 Å². The molecule has 1 fully saturated rings. The number of rotatable bonds is 3. The van der Waals surface area contributed by atoms with Gasteiger partial charge in [-0.15, -0.1) is 0 Å². The van der Waals surface area contributed by atoms with Crippen LogP contribution in [0.5, 0.6) is 0 Å². The van der Waals surface area contributed by atoms with Gasteiger partial charge in [-0.25, -0.2) is 0 Å². The number of benzene rings is 1. The topological polar surface area (TPSA) is 94.1 Å². The molecule has 1 unspecified atom stereocenters. The van der Waals surface area contributed by atoms with Crippen molar-refractivity contribution in [2.24, 2.45) is 0 Å². The largest absolute Gasteiger partial charge is 0.337 e. The molecule has 7 heteroatoms. The minimum atomic E-state index is -0.433. The third kappa shape index (κ3) is 3.08. The first-order valence-corrected chi connectivity index (χ1v) is 7.06. The summed E-state index contributed by atoms with van der Waals surface area (Å²) in [5.41, 5.74) is 0.610. The van der Waals surface area contributed by atoms with Crippen LogP contribution in [0.4, 0.5) is 5.69 Å². The number of aromatic nitrogens is 2. The summed E-state index contributed by atoms with van der Waals surface area (Å²) in [6.45, 7) is 0.944. The second-order valence-corrected chi connectivity index (χ2v) is 5.12. The van der Waals surface area contributed by atoms with Gasteiger partial charge in [-0.3, -0.25) is 10.1 Å². The fourth-order valence-electron chi connectivity index (χ4n) is 2.49. The number of hydrogen-bond donors (Lipinski definition) is 1. The average Bonchev–Trinajstić information content (AvgIpc) is 2.83. The molecule has 21 heavy (non-hydrogen) atoms. The molecular formula is C14H16N4O3. The smallest absolute Gasteiger partial charge is 0.270 e. The van der Waals surface area contributed by atoms with Crippen molar-refractivity contribution in [1.29, 1.82) is 0 Å². The normalized spacial score (nSPS) is 19.1.